The zero-order valence-electron chi connectivity index (χ0n) is 16.0. The molecule has 1 aromatic heterocycles. The highest BCUT2D eigenvalue weighted by molar-refractivity contribution is 9.13. The molecule has 3 rings (SSSR count). The number of fused-ring (bicyclic) bond motifs is 1. The second-order valence-electron chi connectivity index (χ2n) is 6.62. The Bertz CT molecular complexity index is 913. The Morgan fingerprint density at radius 1 is 1.29 bits per heavy atom. The summed E-state index contributed by atoms with van der Waals surface area (Å²) in [6.45, 7) is 7.89. The number of carbonyl (C=O) groups is 1. The molecule has 7 nitrogen and oxygen atoms in total. The van der Waals surface area contributed by atoms with E-state index < -0.39 is 0 Å². The van der Waals surface area contributed by atoms with Gasteiger partial charge < -0.3 is 19.1 Å². The molecule has 1 aromatic carbocycles. The molecule has 0 radical (unpaired) electrons. The number of rotatable bonds is 5. The Kier molecular flexibility index (Phi) is 6.83. The number of amides is 1. The lowest BCUT2D eigenvalue weighted by Crippen LogP contribution is -2.49. The summed E-state index contributed by atoms with van der Waals surface area (Å²) in [6, 6.07) is 4.24. The van der Waals surface area contributed by atoms with Gasteiger partial charge in [-0.3, -0.25) is 0 Å². The third-order valence-electron chi connectivity index (χ3n) is 4.89. The smallest absolute Gasteiger partial charge is 0.409 e. The van der Waals surface area contributed by atoms with Gasteiger partial charge in [-0.25, -0.2) is 9.78 Å². The van der Waals surface area contributed by atoms with E-state index in [1.807, 2.05) is 6.07 Å². The van der Waals surface area contributed by atoms with Gasteiger partial charge in [-0.15, -0.1) is 0 Å². The van der Waals surface area contributed by atoms with E-state index in [4.69, 9.17) is 9.72 Å². The van der Waals surface area contributed by atoms with Crippen molar-refractivity contribution in [2.75, 3.05) is 37.7 Å². The predicted molar refractivity (Wildman–Crippen MR) is 116 cm³/mol. The minimum Gasteiger partial charge on any atom is -0.449 e. The van der Waals surface area contributed by atoms with E-state index >= 15 is 0 Å². The fourth-order valence-electron chi connectivity index (χ4n) is 3.33. The lowest BCUT2D eigenvalue weighted by Gasteiger charge is -2.34. The van der Waals surface area contributed by atoms with Crippen molar-refractivity contribution >= 4 is 54.9 Å². The van der Waals surface area contributed by atoms with E-state index in [0.717, 1.165) is 39.8 Å². The highest BCUT2D eigenvalue weighted by atomic mass is 79.9. The lowest BCUT2D eigenvalue weighted by atomic mass is 10.2. The quantitative estimate of drug-likeness (QED) is 0.551. The number of imidazole rings is 1. The predicted octanol–water partition coefficient (Wildman–Crippen LogP) is 4.51. The van der Waals surface area contributed by atoms with E-state index in [9.17, 15) is 10.1 Å². The summed E-state index contributed by atoms with van der Waals surface area (Å²) in [4.78, 5) is 20.9. The Balaban J connectivity index is 1.82. The number of aromatic nitrogens is 2. The van der Waals surface area contributed by atoms with Crippen LogP contribution in [0.15, 0.2) is 15.0 Å². The molecule has 9 heteroatoms. The van der Waals surface area contributed by atoms with Crippen molar-refractivity contribution in [2.24, 2.45) is 0 Å². The molecule has 0 unspecified atom stereocenters. The first-order valence-corrected chi connectivity index (χ1v) is 11.0. The molecule has 1 amide bonds. The van der Waals surface area contributed by atoms with Gasteiger partial charge in [0, 0.05) is 37.2 Å². The number of nitrogens with zero attached hydrogens (tertiary/aromatic N) is 5. The van der Waals surface area contributed by atoms with Crippen LogP contribution in [0.25, 0.3) is 11.0 Å². The highest BCUT2D eigenvalue weighted by Crippen LogP contribution is 2.35. The maximum Gasteiger partial charge on any atom is 0.409 e. The SMILES string of the molecule is CCCCOC(=O)N1CCN(c2nc3c(C#N)c(Br)c(Br)cc3n2CC)CC1. The maximum absolute atomic E-state index is 12.2. The molecule has 2 aromatic rings. The summed E-state index contributed by atoms with van der Waals surface area (Å²) in [6.07, 6.45) is 1.65. The number of unbranched alkanes of at least 4 members (excludes halogenated alkanes) is 1. The minimum atomic E-state index is -0.239. The third kappa shape index (κ3) is 3.98. The van der Waals surface area contributed by atoms with Gasteiger partial charge in [-0.1, -0.05) is 13.3 Å². The summed E-state index contributed by atoms with van der Waals surface area (Å²) in [5.74, 6) is 0.831. The molecule has 28 heavy (non-hydrogen) atoms. The van der Waals surface area contributed by atoms with Crippen molar-refractivity contribution in [1.82, 2.24) is 14.5 Å². The topological polar surface area (TPSA) is 74.4 Å². The van der Waals surface area contributed by atoms with Gasteiger partial charge in [-0.2, -0.15) is 5.26 Å². The fourth-order valence-corrected chi connectivity index (χ4v) is 4.14. The van der Waals surface area contributed by atoms with Crippen molar-refractivity contribution in [1.29, 1.82) is 5.26 Å². The number of carbonyl (C=O) groups excluding carboxylic acids is 1. The standard InChI is InChI=1S/C19H23Br2N5O2/c1-3-5-10-28-19(27)25-8-6-24(7-9-25)18-23-17-13(12-22)16(21)14(20)11-15(17)26(18)4-2/h11H,3-10H2,1-2H3. The molecule has 1 saturated heterocycles. The molecule has 0 atom stereocenters. The van der Waals surface area contributed by atoms with Gasteiger partial charge in [0.15, 0.2) is 0 Å². The Morgan fingerprint density at radius 3 is 2.61 bits per heavy atom. The van der Waals surface area contributed by atoms with Gasteiger partial charge in [0.1, 0.15) is 11.6 Å². The number of piperazine rings is 1. The molecule has 0 N–H and O–H groups in total. The van der Waals surface area contributed by atoms with Crippen molar-refractivity contribution in [3.63, 3.8) is 0 Å². The largest absolute Gasteiger partial charge is 0.449 e. The summed E-state index contributed by atoms with van der Waals surface area (Å²) in [5.41, 5.74) is 2.14. The van der Waals surface area contributed by atoms with E-state index in [-0.39, 0.29) is 6.09 Å². The number of aryl methyl sites for hydroxylation is 1. The second-order valence-corrected chi connectivity index (χ2v) is 8.27. The third-order valence-corrected chi connectivity index (χ3v) is 6.87. The lowest BCUT2D eigenvalue weighted by molar-refractivity contribution is 0.0988. The number of hydrogen-bond donors (Lipinski definition) is 0. The summed E-state index contributed by atoms with van der Waals surface area (Å²) >= 11 is 6.99. The number of anilines is 1. The Hall–Kier alpha value is -1.79. The van der Waals surface area contributed by atoms with E-state index in [2.05, 4.69) is 61.2 Å². The van der Waals surface area contributed by atoms with Crippen LogP contribution in [-0.2, 0) is 11.3 Å². The van der Waals surface area contributed by atoms with Crippen molar-refractivity contribution in [3.8, 4) is 6.07 Å². The zero-order valence-corrected chi connectivity index (χ0v) is 19.2. The van der Waals surface area contributed by atoms with Crippen LogP contribution in [0.2, 0.25) is 0 Å². The molecule has 1 aliphatic heterocycles. The first-order chi connectivity index (χ1) is 13.5. The first kappa shape index (κ1) is 20.9. The maximum atomic E-state index is 12.2. The van der Waals surface area contributed by atoms with E-state index in [1.165, 1.54) is 0 Å². The molecule has 150 valence electrons. The minimum absolute atomic E-state index is 0.239. The normalized spacial score (nSPS) is 14.4. The van der Waals surface area contributed by atoms with Crippen molar-refractivity contribution in [3.05, 3.63) is 20.6 Å². The monoisotopic (exact) mass is 511 g/mol. The van der Waals surface area contributed by atoms with Gasteiger partial charge >= 0.3 is 6.09 Å². The van der Waals surface area contributed by atoms with Crippen LogP contribution in [0.3, 0.4) is 0 Å². The fraction of sp³-hybridized carbons (Fsp3) is 0.526. The summed E-state index contributed by atoms with van der Waals surface area (Å²) in [5, 5.41) is 9.59. The van der Waals surface area contributed by atoms with Crippen molar-refractivity contribution < 1.29 is 9.53 Å². The molecule has 0 spiro atoms. The number of ether oxygens (including phenoxy) is 1. The first-order valence-electron chi connectivity index (χ1n) is 9.46. The van der Waals surface area contributed by atoms with Gasteiger partial charge in [0.05, 0.1) is 22.2 Å². The molecular weight excluding hydrogens is 490 g/mol. The molecule has 1 fully saturated rings. The molecule has 2 heterocycles. The van der Waals surface area contributed by atoms with Crippen LogP contribution in [-0.4, -0.2) is 53.3 Å². The molecule has 0 bridgehead atoms. The average Bonchev–Trinajstić information content (AvgIpc) is 3.07. The van der Waals surface area contributed by atoms with Crippen LogP contribution >= 0.6 is 31.9 Å². The van der Waals surface area contributed by atoms with E-state index in [1.54, 1.807) is 4.90 Å². The zero-order chi connectivity index (χ0) is 20.3. The van der Waals surface area contributed by atoms with Crippen LogP contribution in [0.4, 0.5) is 10.7 Å². The van der Waals surface area contributed by atoms with E-state index in [0.29, 0.717) is 43.9 Å². The number of halogens is 2. The molecule has 1 aliphatic rings. The van der Waals surface area contributed by atoms with Crippen LogP contribution < -0.4 is 4.90 Å². The van der Waals surface area contributed by atoms with Crippen molar-refractivity contribution in [2.45, 2.75) is 33.2 Å². The summed E-state index contributed by atoms with van der Waals surface area (Å²) in [7, 11) is 0. The van der Waals surface area contributed by atoms with Gasteiger partial charge in [-0.05, 0) is 51.3 Å². The number of benzene rings is 1. The average molecular weight is 513 g/mol. The highest BCUT2D eigenvalue weighted by Gasteiger charge is 2.26. The van der Waals surface area contributed by atoms with Crippen LogP contribution in [0, 0.1) is 11.3 Å². The Labute approximate surface area is 181 Å². The number of hydrogen-bond acceptors (Lipinski definition) is 5. The molecular formula is C19H23Br2N5O2. The molecule has 0 aliphatic carbocycles. The van der Waals surface area contributed by atoms with Crippen LogP contribution in [0.5, 0.6) is 0 Å². The molecule has 0 saturated carbocycles. The van der Waals surface area contributed by atoms with Gasteiger partial charge in [0.2, 0.25) is 5.95 Å². The summed E-state index contributed by atoms with van der Waals surface area (Å²) < 4.78 is 8.98. The number of nitriles is 1. The van der Waals surface area contributed by atoms with Crippen LogP contribution in [0.1, 0.15) is 32.3 Å². The Morgan fingerprint density at radius 2 is 2.00 bits per heavy atom. The van der Waals surface area contributed by atoms with Gasteiger partial charge in [0.25, 0.3) is 0 Å². The second kappa shape index (κ2) is 9.14.